The van der Waals surface area contributed by atoms with Crippen LogP contribution in [0.15, 0.2) is 36.8 Å². The van der Waals surface area contributed by atoms with E-state index in [1.165, 1.54) is 5.69 Å². The molecule has 0 unspecified atom stereocenters. The van der Waals surface area contributed by atoms with Crippen molar-refractivity contribution in [2.24, 2.45) is 18.9 Å². The highest BCUT2D eigenvalue weighted by molar-refractivity contribution is 5.92. The fourth-order valence-corrected chi connectivity index (χ4v) is 3.80. The van der Waals surface area contributed by atoms with Gasteiger partial charge in [0, 0.05) is 45.6 Å². The molecule has 0 N–H and O–H groups in total. The number of pyridine rings is 1. The molecule has 0 aliphatic carbocycles. The second kappa shape index (κ2) is 5.68. The molecule has 0 spiro atoms. The van der Waals surface area contributed by atoms with Crippen molar-refractivity contribution in [3.8, 4) is 0 Å². The predicted molar refractivity (Wildman–Crippen MR) is 87.2 cm³/mol. The Kier molecular flexibility index (Phi) is 3.52. The minimum absolute atomic E-state index is 0.0629. The minimum atomic E-state index is 0.0629. The van der Waals surface area contributed by atoms with Gasteiger partial charge in [0.25, 0.3) is 5.91 Å². The van der Waals surface area contributed by atoms with Crippen LogP contribution < -0.4 is 4.90 Å². The lowest BCUT2D eigenvalue weighted by molar-refractivity contribution is 0.0778. The summed E-state index contributed by atoms with van der Waals surface area (Å²) >= 11 is 0. The monoisotopic (exact) mass is 311 g/mol. The van der Waals surface area contributed by atoms with Gasteiger partial charge in [0.15, 0.2) is 0 Å². The smallest absolute Gasteiger partial charge is 0.274 e. The zero-order chi connectivity index (χ0) is 15.8. The highest BCUT2D eigenvalue weighted by atomic mass is 16.2. The van der Waals surface area contributed by atoms with Crippen molar-refractivity contribution in [2.45, 2.75) is 6.42 Å². The van der Waals surface area contributed by atoms with Crippen molar-refractivity contribution >= 4 is 11.6 Å². The molecule has 0 bridgehead atoms. The molecule has 1 amide bonds. The summed E-state index contributed by atoms with van der Waals surface area (Å²) in [4.78, 5) is 21.2. The van der Waals surface area contributed by atoms with Crippen LogP contribution in [0.1, 0.15) is 16.9 Å². The summed E-state index contributed by atoms with van der Waals surface area (Å²) in [6.45, 7) is 3.73. The summed E-state index contributed by atoms with van der Waals surface area (Å²) in [7, 11) is 1.84. The van der Waals surface area contributed by atoms with Crippen molar-refractivity contribution in [1.82, 2.24) is 19.7 Å². The highest BCUT2D eigenvalue weighted by Crippen LogP contribution is 2.33. The first-order valence-electron chi connectivity index (χ1n) is 8.14. The Balaban J connectivity index is 1.44. The van der Waals surface area contributed by atoms with E-state index in [4.69, 9.17) is 0 Å². The van der Waals surface area contributed by atoms with Crippen LogP contribution in [0.25, 0.3) is 0 Å². The first-order chi connectivity index (χ1) is 11.2. The molecule has 2 fully saturated rings. The first kappa shape index (κ1) is 14.2. The molecule has 2 aromatic rings. The Morgan fingerprint density at radius 2 is 2.09 bits per heavy atom. The molecule has 2 atom stereocenters. The second-order valence-corrected chi connectivity index (χ2v) is 6.55. The van der Waals surface area contributed by atoms with Crippen molar-refractivity contribution in [3.63, 3.8) is 0 Å². The molecule has 0 saturated carbocycles. The number of carbonyl (C=O) groups is 1. The average molecular weight is 311 g/mol. The van der Waals surface area contributed by atoms with E-state index in [9.17, 15) is 4.79 Å². The molecule has 0 aromatic carbocycles. The average Bonchev–Trinajstić information content (AvgIpc) is 3.20. The lowest BCUT2D eigenvalue weighted by Crippen LogP contribution is -2.40. The van der Waals surface area contributed by atoms with Crippen molar-refractivity contribution in [3.05, 3.63) is 42.5 Å². The second-order valence-electron chi connectivity index (χ2n) is 6.55. The molecule has 2 aliphatic heterocycles. The van der Waals surface area contributed by atoms with Gasteiger partial charge in [0.2, 0.25) is 0 Å². The molecule has 6 nitrogen and oxygen atoms in total. The van der Waals surface area contributed by atoms with Crippen molar-refractivity contribution in [1.29, 1.82) is 0 Å². The lowest BCUT2D eigenvalue weighted by atomic mass is 9.88. The van der Waals surface area contributed by atoms with Crippen LogP contribution in [0, 0.1) is 11.8 Å². The normalized spacial score (nSPS) is 23.9. The van der Waals surface area contributed by atoms with Gasteiger partial charge in [-0.25, -0.2) is 0 Å². The van der Waals surface area contributed by atoms with E-state index in [0.29, 0.717) is 17.5 Å². The maximum Gasteiger partial charge on any atom is 0.274 e. The molecular weight excluding hydrogens is 290 g/mol. The first-order valence-corrected chi connectivity index (χ1v) is 8.14. The molecule has 6 heteroatoms. The third kappa shape index (κ3) is 2.69. The van der Waals surface area contributed by atoms with E-state index >= 15 is 0 Å². The number of aryl methyl sites for hydroxylation is 1. The zero-order valence-corrected chi connectivity index (χ0v) is 13.3. The fourth-order valence-electron chi connectivity index (χ4n) is 3.80. The van der Waals surface area contributed by atoms with E-state index in [-0.39, 0.29) is 5.91 Å². The van der Waals surface area contributed by atoms with Gasteiger partial charge in [-0.1, -0.05) is 0 Å². The summed E-state index contributed by atoms with van der Waals surface area (Å²) in [6.07, 6.45) is 6.68. The summed E-state index contributed by atoms with van der Waals surface area (Å²) in [5.74, 6) is 1.21. The van der Waals surface area contributed by atoms with Crippen LogP contribution in [0.2, 0.25) is 0 Å². The van der Waals surface area contributed by atoms with Gasteiger partial charge in [0.05, 0.1) is 11.9 Å². The third-order valence-corrected chi connectivity index (χ3v) is 5.03. The Morgan fingerprint density at radius 1 is 1.22 bits per heavy atom. The molecule has 120 valence electrons. The van der Waals surface area contributed by atoms with E-state index in [0.717, 1.165) is 32.6 Å². The predicted octanol–water partition coefficient (Wildman–Crippen LogP) is 1.41. The molecule has 4 rings (SSSR count). The number of anilines is 1. The summed E-state index contributed by atoms with van der Waals surface area (Å²) in [5.41, 5.74) is 1.73. The molecule has 4 heterocycles. The standard InChI is InChI=1S/C17H21N5O/c1-20-7-5-16(19-20)17(23)22-10-13-4-8-21(11-14(13)12-22)15-3-2-6-18-9-15/h2-3,5-7,9,13-14H,4,8,10-12H2,1H3/t13-,14+/m1/s1. The lowest BCUT2D eigenvalue weighted by Gasteiger charge is -2.35. The van der Waals surface area contributed by atoms with Gasteiger partial charge in [-0.15, -0.1) is 0 Å². The van der Waals surface area contributed by atoms with Gasteiger partial charge in [-0.05, 0) is 36.5 Å². The number of rotatable bonds is 2. The van der Waals surface area contributed by atoms with Crippen molar-refractivity contribution < 1.29 is 4.79 Å². The Hall–Kier alpha value is -2.37. The molecule has 2 saturated heterocycles. The van der Waals surface area contributed by atoms with Crippen LogP contribution in [-0.2, 0) is 7.05 Å². The largest absolute Gasteiger partial charge is 0.370 e. The third-order valence-electron chi connectivity index (χ3n) is 5.03. The number of piperidine rings is 1. The van der Waals surface area contributed by atoms with Crippen LogP contribution in [0.3, 0.4) is 0 Å². The number of hydrogen-bond acceptors (Lipinski definition) is 4. The Labute approximate surface area is 135 Å². The van der Waals surface area contributed by atoms with Crippen LogP contribution in [0.4, 0.5) is 5.69 Å². The van der Waals surface area contributed by atoms with Gasteiger partial charge in [-0.3, -0.25) is 14.5 Å². The summed E-state index contributed by atoms with van der Waals surface area (Å²) < 4.78 is 1.68. The summed E-state index contributed by atoms with van der Waals surface area (Å²) in [5, 5.41) is 4.24. The van der Waals surface area contributed by atoms with Crippen molar-refractivity contribution in [2.75, 3.05) is 31.1 Å². The zero-order valence-electron chi connectivity index (χ0n) is 13.3. The van der Waals surface area contributed by atoms with Crippen LogP contribution in [-0.4, -0.2) is 51.8 Å². The maximum absolute atomic E-state index is 12.6. The molecule has 2 aliphatic rings. The number of aromatic nitrogens is 3. The van der Waals surface area contributed by atoms with E-state index < -0.39 is 0 Å². The molecular formula is C17H21N5O. The number of hydrogen-bond donors (Lipinski definition) is 0. The quantitative estimate of drug-likeness (QED) is 0.841. The fraction of sp³-hybridized carbons (Fsp3) is 0.471. The SMILES string of the molecule is Cn1ccc(C(=O)N2C[C@H]3CCN(c4cccnc4)C[C@H]3C2)n1. The summed E-state index contributed by atoms with van der Waals surface area (Å²) in [6, 6.07) is 5.89. The molecule has 23 heavy (non-hydrogen) atoms. The topological polar surface area (TPSA) is 54.3 Å². The Bertz CT molecular complexity index is 698. The highest BCUT2D eigenvalue weighted by Gasteiger charge is 2.39. The number of fused-ring (bicyclic) bond motifs is 1. The van der Waals surface area contributed by atoms with Crippen LogP contribution in [0.5, 0.6) is 0 Å². The maximum atomic E-state index is 12.6. The number of likely N-dealkylation sites (tertiary alicyclic amines) is 1. The molecule has 2 aromatic heterocycles. The van der Waals surface area contributed by atoms with Gasteiger partial charge in [-0.2, -0.15) is 5.10 Å². The van der Waals surface area contributed by atoms with E-state index in [2.05, 4.69) is 21.0 Å². The number of nitrogens with zero attached hydrogens (tertiary/aromatic N) is 5. The van der Waals surface area contributed by atoms with Gasteiger partial charge in [0.1, 0.15) is 5.69 Å². The van der Waals surface area contributed by atoms with Crippen LogP contribution >= 0.6 is 0 Å². The Morgan fingerprint density at radius 3 is 2.83 bits per heavy atom. The van der Waals surface area contributed by atoms with Gasteiger partial charge >= 0.3 is 0 Å². The van der Waals surface area contributed by atoms with Gasteiger partial charge < -0.3 is 9.80 Å². The number of carbonyl (C=O) groups excluding carboxylic acids is 1. The minimum Gasteiger partial charge on any atom is -0.370 e. The van der Waals surface area contributed by atoms with E-state index in [1.807, 2.05) is 30.4 Å². The van der Waals surface area contributed by atoms with E-state index in [1.54, 1.807) is 16.9 Å². The number of amides is 1. The molecule has 0 radical (unpaired) electrons.